The number of esters is 1. The lowest BCUT2D eigenvalue weighted by Gasteiger charge is -2.34. The fourth-order valence-electron chi connectivity index (χ4n) is 2.79. The Morgan fingerprint density at radius 3 is 2.52 bits per heavy atom. The highest BCUT2D eigenvalue weighted by Crippen LogP contribution is 2.10. The molecule has 0 aromatic carbocycles. The molecule has 2 aromatic rings. The van der Waals surface area contributed by atoms with Gasteiger partial charge in [-0.25, -0.2) is 9.97 Å². The van der Waals surface area contributed by atoms with Crippen LogP contribution >= 0.6 is 11.3 Å². The van der Waals surface area contributed by atoms with E-state index in [9.17, 15) is 14.4 Å². The van der Waals surface area contributed by atoms with E-state index in [-0.39, 0.29) is 30.4 Å². The van der Waals surface area contributed by atoms with Gasteiger partial charge in [0, 0.05) is 56.2 Å². The van der Waals surface area contributed by atoms with Crippen LogP contribution in [0.2, 0.25) is 0 Å². The number of anilines is 1. The summed E-state index contributed by atoms with van der Waals surface area (Å²) >= 11 is 1.10. The van der Waals surface area contributed by atoms with Crippen LogP contribution in [-0.4, -0.2) is 64.1 Å². The largest absolute Gasteiger partial charge is 0.456 e. The van der Waals surface area contributed by atoms with Crippen molar-refractivity contribution in [2.24, 2.45) is 0 Å². The van der Waals surface area contributed by atoms with E-state index in [4.69, 9.17) is 4.74 Å². The molecule has 2 aromatic heterocycles. The second-order valence-corrected chi connectivity index (χ2v) is 6.94. The maximum Gasteiger partial charge on any atom is 0.308 e. The minimum Gasteiger partial charge on any atom is -0.456 e. The summed E-state index contributed by atoms with van der Waals surface area (Å²) < 4.78 is 6.59. The standard InChI is InChI=1S/C17H21N5O4S/c1-13-12-27-17(25)22(13)6-3-15(24)26-11-14(23)20-7-9-21(10-8-20)16-18-4-2-5-19-16/h2,4-5,12H,3,6-11H2,1H3. The van der Waals surface area contributed by atoms with Crippen LogP contribution in [0.5, 0.6) is 0 Å². The molecule has 1 aliphatic rings. The van der Waals surface area contributed by atoms with Crippen molar-refractivity contribution in [3.05, 3.63) is 39.2 Å². The highest BCUT2D eigenvalue weighted by molar-refractivity contribution is 7.07. The van der Waals surface area contributed by atoms with Gasteiger partial charge >= 0.3 is 10.8 Å². The molecule has 1 amide bonds. The molecule has 144 valence electrons. The number of nitrogens with zero attached hydrogens (tertiary/aromatic N) is 5. The smallest absolute Gasteiger partial charge is 0.308 e. The molecule has 10 heteroatoms. The number of piperazine rings is 1. The Kier molecular flexibility index (Phi) is 6.17. The van der Waals surface area contributed by atoms with Gasteiger partial charge in [-0.1, -0.05) is 11.3 Å². The summed E-state index contributed by atoms with van der Waals surface area (Å²) in [6, 6.07) is 1.76. The maximum atomic E-state index is 12.2. The van der Waals surface area contributed by atoms with Crippen molar-refractivity contribution < 1.29 is 14.3 Å². The number of ether oxygens (including phenoxy) is 1. The molecule has 0 saturated carbocycles. The number of thiazole rings is 1. The first kappa shape index (κ1) is 19.0. The van der Waals surface area contributed by atoms with E-state index < -0.39 is 5.97 Å². The molecule has 0 unspecified atom stereocenters. The van der Waals surface area contributed by atoms with Gasteiger partial charge in [0.15, 0.2) is 6.61 Å². The van der Waals surface area contributed by atoms with E-state index in [0.29, 0.717) is 32.1 Å². The number of aryl methyl sites for hydroxylation is 1. The average Bonchev–Trinajstić information content (AvgIpc) is 3.03. The van der Waals surface area contributed by atoms with E-state index >= 15 is 0 Å². The first-order valence-electron chi connectivity index (χ1n) is 8.65. The highest BCUT2D eigenvalue weighted by Gasteiger charge is 2.23. The zero-order valence-corrected chi connectivity index (χ0v) is 15.9. The lowest BCUT2D eigenvalue weighted by atomic mass is 10.3. The topological polar surface area (TPSA) is 97.6 Å². The summed E-state index contributed by atoms with van der Waals surface area (Å²) in [5.74, 6) is -0.0620. The van der Waals surface area contributed by atoms with Crippen LogP contribution in [0.1, 0.15) is 12.1 Å². The van der Waals surface area contributed by atoms with Gasteiger partial charge in [-0.3, -0.25) is 14.4 Å². The lowest BCUT2D eigenvalue weighted by molar-refractivity contribution is -0.152. The van der Waals surface area contributed by atoms with Gasteiger partial charge in [0.1, 0.15) is 0 Å². The quantitative estimate of drug-likeness (QED) is 0.653. The molecule has 3 rings (SSSR count). The van der Waals surface area contributed by atoms with Crippen molar-refractivity contribution in [1.82, 2.24) is 19.4 Å². The number of aromatic nitrogens is 3. The second kappa shape index (κ2) is 8.76. The summed E-state index contributed by atoms with van der Waals surface area (Å²) in [5.41, 5.74) is 0.814. The molecule has 0 bridgehead atoms. The van der Waals surface area contributed by atoms with Gasteiger partial charge in [-0.2, -0.15) is 0 Å². The summed E-state index contributed by atoms with van der Waals surface area (Å²) in [6.45, 7) is 4.10. The van der Waals surface area contributed by atoms with Crippen LogP contribution in [0.3, 0.4) is 0 Å². The summed E-state index contributed by atoms with van der Waals surface area (Å²) in [4.78, 5) is 47.7. The van der Waals surface area contributed by atoms with E-state index in [2.05, 4.69) is 9.97 Å². The van der Waals surface area contributed by atoms with Gasteiger partial charge < -0.3 is 19.1 Å². The molecule has 1 fully saturated rings. The Morgan fingerprint density at radius 2 is 1.89 bits per heavy atom. The third-order valence-electron chi connectivity index (χ3n) is 4.34. The Morgan fingerprint density at radius 1 is 1.19 bits per heavy atom. The van der Waals surface area contributed by atoms with Gasteiger partial charge in [0.05, 0.1) is 6.42 Å². The zero-order valence-electron chi connectivity index (χ0n) is 15.0. The predicted octanol–water partition coefficient (Wildman–Crippen LogP) is 0.290. The Labute approximate surface area is 160 Å². The molecular weight excluding hydrogens is 370 g/mol. The van der Waals surface area contributed by atoms with Crippen molar-refractivity contribution >= 4 is 29.2 Å². The Hall–Kier alpha value is -2.75. The van der Waals surface area contributed by atoms with Crippen LogP contribution in [0.25, 0.3) is 0 Å². The monoisotopic (exact) mass is 391 g/mol. The fraction of sp³-hybridized carbons (Fsp3) is 0.471. The van der Waals surface area contributed by atoms with Crippen molar-refractivity contribution in [3.63, 3.8) is 0 Å². The Balaban J connectivity index is 1.39. The number of carbonyl (C=O) groups excluding carboxylic acids is 2. The summed E-state index contributed by atoms with van der Waals surface area (Å²) in [7, 11) is 0. The minimum absolute atomic E-state index is 0.0594. The lowest BCUT2D eigenvalue weighted by Crippen LogP contribution is -2.50. The van der Waals surface area contributed by atoms with Crippen molar-refractivity contribution in [2.75, 3.05) is 37.7 Å². The van der Waals surface area contributed by atoms with Crippen LogP contribution in [-0.2, 0) is 20.9 Å². The van der Waals surface area contributed by atoms with Gasteiger partial charge in [-0.15, -0.1) is 0 Å². The molecule has 0 N–H and O–H groups in total. The Bertz CT molecular complexity index is 843. The van der Waals surface area contributed by atoms with E-state index in [1.54, 1.807) is 28.7 Å². The van der Waals surface area contributed by atoms with E-state index in [1.807, 2.05) is 11.8 Å². The van der Waals surface area contributed by atoms with E-state index in [1.165, 1.54) is 4.57 Å². The molecule has 3 heterocycles. The van der Waals surface area contributed by atoms with Gasteiger partial charge in [-0.05, 0) is 13.0 Å². The fourth-order valence-corrected chi connectivity index (χ4v) is 3.55. The first-order valence-corrected chi connectivity index (χ1v) is 9.53. The normalized spacial score (nSPS) is 14.3. The molecular formula is C17H21N5O4S. The third-order valence-corrected chi connectivity index (χ3v) is 5.22. The molecule has 1 aliphatic heterocycles. The van der Waals surface area contributed by atoms with Crippen molar-refractivity contribution in [2.45, 2.75) is 19.9 Å². The molecule has 0 atom stereocenters. The van der Waals surface area contributed by atoms with E-state index in [0.717, 1.165) is 17.0 Å². The van der Waals surface area contributed by atoms with Crippen LogP contribution in [0.4, 0.5) is 5.95 Å². The molecule has 0 aliphatic carbocycles. The third kappa shape index (κ3) is 4.91. The van der Waals surface area contributed by atoms with Gasteiger partial charge in [0.2, 0.25) is 5.95 Å². The number of carbonyl (C=O) groups is 2. The second-order valence-electron chi connectivity index (χ2n) is 6.12. The van der Waals surface area contributed by atoms with Crippen molar-refractivity contribution in [3.8, 4) is 0 Å². The number of rotatable bonds is 6. The molecule has 1 saturated heterocycles. The molecule has 9 nitrogen and oxygen atoms in total. The molecule has 0 spiro atoms. The van der Waals surface area contributed by atoms with Crippen LogP contribution in [0.15, 0.2) is 28.6 Å². The molecule has 27 heavy (non-hydrogen) atoms. The average molecular weight is 391 g/mol. The molecule has 0 radical (unpaired) electrons. The number of hydrogen-bond acceptors (Lipinski definition) is 8. The number of amides is 1. The zero-order chi connectivity index (χ0) is 19.2. The van der Waals surface area contributed by atoms with Gasteiger partial charge in [0.25, 0.3) is 5.91 Å². The highest BCUT2D eigenvalue weighted by atomic mass is 32.1. The van der Waals surface area contributed by atoms with Crippen LogP contribution < -0.4 is 9.77 Å². The van der Waals surface area contributed by atoms with Crippen LogP contribution in [0, 0.1) is 6.92 Å². The predicted molar refractivity (Wildman–Crippen MR) is 99.7 cm³/mol. The minimum atomic E-state index is -0.489. The first-order chi connectivity index (χ1) is 13.0. The van der Waals surface area contributed by atoms with Crippen molar-refractivity contribution in [1.29, 1.82) is 0 Å². The summed E-state index contributed by atoms with van der Waals surface area (Å²) in [5, 5.41) is 1.75. The number of hydrogen-bond donors (Lipinski definition) is 0. The summed E-state index contributed by atoms with van der Waals surface area (Å²) in [6.07, 6.45) is 3.43. The maximum absolute atomic E-state index is 12.2. The SMILES string of the molecule is Cc1csc(=O)n1CCC(=O)OCC(=O)N1CCN(c2ncccn2)CC1.